The summed E-state index contributed by atoms with van der Waals surface area (Å²) < 4.78 is 4.56. The van der Waals surface area contributed by atoms with Crippen LogP contribution in [0.25, 0.3) is 0 Å². The molecule has 0 aliphatic heterocycles. The van der Waals surface area contributed by atoms with Crippen LogP contribution in [0.4, 0.5) is 11.4 Å². The van der Waals surface area contributed by atoms with Gasteiger partial charge < -0.3 is 15.2 Å². The fourth-order valence-corrected chi connectivity index (χ4v) is 1.36. The van der Waals surface area contributed by atoms with E-state index in [1.807, 2.05) is 0 Å². The number of non-ortho nitro benzene ring substituents is 1. The number of carbonyl (C=O) groups is 1. The Bertz CT molecular complexity index is 488. The Hall–Kier alpha value is -2.91. The summed E-state index contributed by atoms with van der Waals surface area (Å²) in [7, 11) is 0. The van der Waals surface area contributed by atoms with Gasteiger partial charge in [0.25, 0.3) is 12.2 Å². The first-order valence-electron chi connectivity index (χ1n) is 4.96. The second-order valence-corrected chi connectivity index (χ2v) is 3.29. The maximum atomic E-state index is 11.3. The maximum Gasteiger partial charge on any atom is 0.295 e. The molecular formula is C9H10N4O6. The number of anilines is 1. The van der Waals surface area contributed by atoms with Crippen LogP contribution in [0.1, 0.15) is 6.92 Å². The van der Waals surface area contributed by atoms with Crippen molar-refractivity contribution in [2.24, 2.45) is 5.28 Å². The minimum atomic E-state index is -1.06. The molecule has 0 amide bonds. The molecule has 0 radical (unpaired) electrons. The van der Waals surface area contributed by atoms with Gasteiger partial charge in [0.1, 0.15) is 5.69 Å². The lowest BCUT2D eigenvalue weighted by molar-refractivity contribution is -0.577. The number of benzene rings is 1. The minimum Gasteiger partial charge on any atom is -0.568 e. The van der Waals surface area contributed by atoms with Crippen LogP contribution < -0.4 is 5.01 Å². The molecule has 19 heavy (non-hydrogen) atoms. The lowest BCUT2D eigenvalue weighted by Crippen LogP contribution is -2.40. The SMILES string of the molecule is CC(OC=O)N(c1ccc([N+](=O)[O-])cc1)/[N+]([O-])=N/O. The van der Waals surface area contributed by atoms with Crippen molar-refractivity contribution in [1.82, 2.24) is 0 Å². The Labute approximate surface area is 106 Å². The van der Waals surface area contributed by atoms with E-state index in [9.17, 15) is 20.1 Å². The van der Waals surface area contributed by atoms with E-state index in [1.165, 1.54) is 19.1 Å². The van der Waals surface area contributed by atoms with Crippen molar-refractivity contribution >= 4 is 17.8 Å². The maximum absolute atomic E-state index is 11.3. The first-order valence-corrected chi connectivity index (χ1v) is 4.96. The number of nitro benzene ring substituents is 1. The third-order valence-electron chi connectivity index (χ3n) is 2.18. The van der Waals surface area contributed by atoms with Crippen LogP contribution in [-0.4, -0.2) is 27.8 Å². The highest BCUT2D eigenvalue weighted by Gasteiger charge is 2.25. The van der Waals surface area contributed by atoms with E-state index in [0.29, 0.717) is 0 Å². The standard InChI is InChI=1S/C9H10N4O6/c1-7(19-6-14)11(13(18)10-15)8-2-4-9(5-3-8)12(16)17/h2-7,15H,1H3/b13-10-. The summed E-state index contributed by atoms with van der Waals surface area (Å²) in [6.45, 7) is 1.47. The molecule has 0 aliphatic rings. The molecule has 102 valence electrons. The Morgan fingerprint density at radius 2 is 2.00 bits per heavy atom. The highest BCUT2D eigenvalue weighted by atomic mass is 16.6. The lowest BCUT2D eigenvalue weighted by atomic mass is 10.3. The topological polar surface area (TPSA) is 131 Å². The zero-order valence-corrected chi connectivity index (χ0v) is 9.74. The van der Waals surface area contributed by atoms with E-state index in [2.05, 4.69) is 10.0 Å². The average Bonchev–Trinajstić information content (AvgIpc) is 2.39. The lowest BCUT2D eigenvalue weighted by Gasteiger charge is -2.21. The molecule has 10 heteroatoms. The predicted molar refractivity (Wildman–Crippen MR) is 60.0 cm³/mol. The Morgan fingerprint density at radius 3 is 2.42 bits per heavy atom. The summed E-state index contributed by atoms with van der Waals surface area (Å²) in [5.74, 6) is 0. The molecule has 0 spiro atoms. The van der Waals surface area contributed by atoms with Gasteiger partial charge in [-0.2, -0.15) is 0 Å². The zero-order valence-electron chi connectivity index (χ0n) is 9.74. The van der Waals surface area contributed by atoms with Gasteiger partial charge in [0.2, 0.25) is 11.5 Å². The second-order valence-electron chi connectivity index (χ2n) is 3.29. The van der Waals surface area contributed by atoms with Gasteiger partial charge in [0.15, 0.2) is 0 Å². The van der Waals surface area contributed by atoms with Gasteiger partial charge in [0.05, 0.1) is 9.89 Å². The predicted octanol–water partition coefficient (Wildman–Crippen LogP) is 1.19. The van der Waals surface area contributed by atoms with Crippen LogP contribution in [0.3, 0.4) is 0 Å². The molecule has 1 N–H and O–H groups in total. The molecule has 1 aromatic rings. The Kier molecular flexibility index (Phi) is 4.57. The molecule has 0 fully saturated rings. The van der Waals surface area contributed by atoms with Gasteiger partial charge in [-0.05, 0) is 19.1 Å². The van der Waals surface area contributed by atoms with E-state index in [-0.39, 0.29) is 22.8 Å². The fraction of sp³-hybridized carbons (Fsp3) is 0.222. The van der Waals surface area contributed by atoms with Crippen molar-refractivity contribution in [2.45, 2.75) is 13.2 Å². The average molecular weight is 270 g/mol. The number of ether oxygens (including phenoxy) is 1. The molecule has 10 nitrogen and oxygen atoms in total. The van der Waals surface area contributed by atoms with E-state index < -0.39 is 11.2 Å². The summed E-state index contributed by atoms with van der Waals surface area (Å²) in [6, 6.07) is 4.81. The highest BCUT2D eigenvalue weighted by molar-refractivity contribution is 5.49. The van der Waals surface area contributed by atoms with Crippen molar-refractivity contribution in [2.75, 3.05) is 5.01 Å². The largest absolute Gasteiger partial charge is 0.568 e. The quantitative estimate of drug-likeness (QED) is 0.205. The first-order chi connectivity index (χ1) is 9.01. The Morgan fingerprint density at radius 1 is 1.42 bits per heavy atom. The molecule has 0 heterocycles. The number of hydrogen-bond acceptors (Lipinski definition) is 6. The monoisotopic (exact) mass is 270 g/mol. The van der Waals surface area contributed by atoms with Crippen LogP contribution in [0.2, 0.25) is 0 Å². The van der Waals surface area contributed by atoms with Crippen molar-refractivity contribution in [3.63, 3.8) is 0 Å². The van der Waals surface area contributed by atoms with Gasteiger partial charge in [0, 0.05) is 12.1 Å². The molecule has 1 rings (SSSR count). The number of nitrogens with zero attached hydrogens (tertiary/aromatic N) is 4. The summed E-state index contributed by atoms with van der Waals surface area (Å²) in [5, 5.41) is 33.5. The van der Waals surface area contributed by atoms with Crippen LogP contribution in [-0.2, 0) is 9.53 Å². The van der Waals surface area contributed by atoms with Gasteiger partial charge in [-0.1, -0.05) is 5.01 Å². The van der Waals surface area contributed by atoms with Crippen LogP contribution >= 0.6 is 0 Å². The summed E-state index contributed by atoms with van der Waals surface area (Å²) in [6.07, 6.45) is -1.06. The molecule has 0 saturated carbocycles. The number of carbonyl (C=O) groups excluding carboxylic acids is 1. The zero-order chi connectivity index (χ0) is 14.4. The second kappa shape index (κ2) is 6.14. The van der Waals surface area contributed by atoms with Crippen molar-refractivity contribution in [3.8, 4) is 0 Å². The smallest absolute Gasteiger partial charge is 0.295 e. The highest BCUT2D eigenvalue weighted by Crippen LogP contribution is 2.21. The van der Waals surface area contributed by atoms with Crippen LogP contribution in [0, 0.1) is 15.3 Å². The van der Waals surface area contributed by atoms with E-state index >= 15 is 0 Å². The summed E-state index contributed by atoms with van der Waals surface area (Å²) >= 11 is 0. The third kappa shape index (κ3) is 3.28. The normalized spacial score (nSPS) is 12.6. The van der Waals surface area contributed by atoms with Gasteiger partial charge in [-0.25, -0.2) is 0 Å². The number of rotatable bonds is 6. The molecule has 1 aromatic carbocycles. The Balaban J connectivity index is 3.10. The summed E-state index contributed by atoms with van der Waals surface area (Å²) in [5.41, 5.74) is -0.0289. The molecule has 1 unspecified atom stereocenters. The van der Waals surface area contributed by atoms with E-state index in [0.717, 1.165) is 17.1 Å². The van der Waals surface area contributed by atoms with Gasteiger partial charge >= 0.3 is 0 Å². The van der Waals surface area contributed by atoms with Crippen LogP contribution in [0.5, 0.6) is 0 Å². The van der Waals surface area contributed by atoms with E-state index in [4.69, 9.17) is 5.21 Å². The third-order valence-corrected chi connectivity index (χ3v) is 2.18. The van der Waals surface area contributed by atoms with E-state index in [1.54, 1.807) is 0 Å². The molecule has 0 aliphatic carbocycles. The van der Waals surface area contributed by atoms with Crippen molar-refractivity contribution in [1.29, 1.82) is 0 Å². The molecule has 0 saturated heterocycles. The number of nitro groups is 1. The molecular weight excluding hydrogens is 260 g/mol. The molecule has 0 aromatic heterocycles. The van der Waals surface area contributed by atoms with Crippen molar-refractivity contribution < 1.29 is 24.6 Å². The molecule has 1 atom stereocenters. The number of hydrazine groups is 1. The fourth-order valence-electron chi connectivity index (χ4n) is 1.36. The first kappa shape index (κ1) is 14.2. The van der Waals surface area contributed by atoms with Gasteiger partial charge in [-0.3, -0.25) is 14.9 Å². The summed E-state index contributed by atoms with van der Waals surface area (Å²) in [4.78, 5) is 19.9. The number of hydrogen-bond donors (Lipinski definition) is 1. The van der Waals surface area contributed by atoms with Crippen molar-refractivity contribution in [3.05, 3.63) is 39.6 Å². The van der Waals surface area contributed by atoms with Gasteiger partial charge in [-0.15, -0.1) is 0 Å². The van der Waals surface area contributed by atoms with Crippen LogP contribution in [0.15, 0.2) is 29.5 Å². The molecule has 0 bridgehead atoms. The minimum absolute atomic E-state index is 0.119.